The number of carbonyl (C=O) groups excluding carboxylic acids is 2. The smallest absolute Gasteiger partial charge is 0.306 e. The highest BCUT2D eigenvalue weighted by molar-refractivity contribution is 5.70. The second-order valence-corrected chi connectivity index (χ2v) is 14.8. The first-order chi connectivity index (χ1) is 26.8. The lowest BCUT2D eigenvalue weighted by Crippen LogP contribution is -2.59. The van der Waals surface area contributed by atoms with Gasteiger partial charge in [-0.05, 0) is 57.8 Å². The normalized spacial score (nSPS) is 20.8. The van der Waals surface area contributed by atoms with E-state index < -0.39 is 55.4 Å². The van der Waals surface area contributed by atoms with Crippen LogP contribution in [0.5, 0.6) is 0 Å². The van der Waals surface area contributed by atoms with Gasteiger partial charge < -0.3 is 39.4 Å². The number of carbonyl (C=O) groups is 2. The van der Waals surface area contributed by atoms with Gasteiger partial charge in [-0.15, -0.1) is 6.58 Å². The Kier molecular flexibility index (Phi) is 33.2. The van der Waals surface area contributed by atoms with E-state index in [-0.39, 0.29) is 26.1 Å². The van der Waals surface area contributed by atoms with Crippen molar-refractivity contribution in [3.05, 3.63) is 49.1 Å². The van der Waals surface area contributed by atoms with E-state index >= 15 is 0 Å². The number of allylic oxidation sites excluding steroid dienone is 7. The molecule has 10 heteroatoms. The highest BCUT2D eigenvalue weighted by atomic mass is 16.7. The number of aliphatic hydroxyl groups is 4. The van der Waals surface area contributed by atoms with Crippen molar-refractivity contribution in [2.75, 3.05) is 19.8 Å². The summed E-state index contributed by atoms with van der Waals surface area (Å²) in [5.74, 6) is -0.830. The Morgan fingerprint density at radius 1 is 0.618 bits per heavy atom. The molecule has 1 rings (SSSR count). The molecule has 1 aliphatic heterocycles. The first kappa shape index (κ1) is 50.7. The Balaban J connectivity index is 2.35. The summed E-state index contributed by atoms with van der Waals surface area (Å²) in [5.41, 5.74) is 0. The van der Waals surface area contributed by atoms with Crippen molar-refractivity contribution in [2.24, 2.45) is 0 Å². The maximum Gasteiger partial charge on any atom is 0.306 e. The fourth-order valence-electron chi connectivity index (χ4n) is 6.42. The maximum atomic E-state index is 12.8. The molecule has 0 aromatic heterocycles. The Morgan fingerprint density at radius 3 is 1.65 bits per heavy atom. The van der Waals surface area contributed by atoms with Gasteiger partial charge in [0.15, 0.2) is 12.4 Å². The van der Waals surface area contributed by atoms with Crippen LogP contribution in [-0.4, -0.2) is 89.0 Å². The third-order valence-electron chi connectivity index (χ3n) is 9.84. The Labute approximate surface area is 333 Å². The summed E-state index contributed by atoms with van der Waals surface area (Å²) in [6.07, 6.45) is 32.9. The molecule has 0 aromatic carbocycles. The average molecular weight is 779 g/mol. The topological polar surface area (TPSA) is 152 Å². The third kappa shape index (κ3) is 27.8. The quantitative estimate of drug-likeness (QED) is 0.0276. The van der Waals surface area contributed by atoms with Crippen LogP contribution < -0.4 is 0 Å². The van der Waals surface area contributed by atoms with Gasteiger partial charge in [0.1, 0.15) is 31.0 Å². The van der Waals surface area contributed by atoms with E-state index in [9.17, 15) is 30.0 Å². The number of ether oxygens (including phenoxy) is 4. The fourth-order valence-corrected chi connectivity index (χ4v) is 6.42. The molecule has 55 heavy (non-hydrogen) atoms. The summed E-state index contributed by atoms with van der Waals surface area (Å²) < 4.78 is 22.1. The van der Waals surface area contributed by atoms with Gasteiger partial charge in [0.2, 0.25) is 0 Å². The van der Waals surface area contributed by atoms with Crippen molar-refractivity contribution in [1.29, 1.82) is 0 Å². The van der Waals surface area contributed by atoms with Crippen molar-refractivity contribution < 1.29 is 49.0 Å². The van der Waals surface area contributed by atoms with Gasteiger partial charge in [-0.3, -0.25) is 9.59 Å². The van der Waals surface area contributed by atoms with E-state index in [0.717, 1.165) is 77.0 Å². The molecule has 6 atom stereocenters. The van der Waals surface area contributed by atoms with E-state index in [2.05, 4.69) is 50.0 Å². The Bertz CT molecular complexity index is 1030. The first-order valence-corrected chi connectivity index (χ1v) is 21.7. The molecular formula is C45H78O10. The molecule has 0 aromatic rings. The molecule has 0 saturated carbocycles. The molecule has 318 valence electrons. The highest BCUT2D eigenvalue weighted by Crippen LogP contribution is 2.22. The van der Waals surface area contributed by atoms with Gasteiger partial charge in [-0.2, -0.15) is 0 Å². The molecule has 1 heterocycles. The van der Waals surface area contributed by atoms with E-state index in [1.807, 2.05) is 6.08 Å². The van der Waals surface area contributed by atoms with Crippen LogP contribution in [0.3, 0.4) is 0 Å². The zero-order valence-electron chi connectivity index (χ0n) is 34.2. The molecule has 1 fully saturated rings. The third-order valence-corrected chi connectivity index (χ3v) is 9.84. The second kappa shape index (κ2) is 36.0. The Morgan fingerprint density at radius 2 is 1.11 bits per heavy atom. The van der Waals surface area contributed by atoms with Crippen LogP contribution in [-0.2, 0) is 28.5 Å². The molecule has 0 amide bonds. The fraction of sp³-hybridized carbons (Fsp3) is 0.778. The second-order valence-electron chi connectivity index (χ2n) is 14.8. The van der Waals surface area contributed by atoms with Gasteiger partial charge in [0.05, 0.1) is 13.2 Å². The SMILES string of the molecule is C=CCCCCCCCCCCCCCCCC(=O)O[C@@H](COC(=O)CCCCCCC/C=C/C/C=C/C/C=C/CC)CO[C@H]1O[C@@H](CO)[C@@H](O)C(O)C1O. The molecule has 0 spiro atoms. The molecular weight excluding hydrogens is 700 g/mol. The zero-order valence-corrected chi connectivity index (χ0v) is 34.2. The van der Waals surface area contributed by atoms with Crippen molar-refractivity contribution in [1.82, 2.24) is 0 Å². The van der Waals surface area contributed by atoms with Crippen LogP contribution in [0.25, 0.3) is 0 Å². The Hall–Kier alpha value is -2.34. The number of rotatable bonds is 36. The lowest BCUT2D eigenvalue weighted by Gasteiger charge is -2.39. The summed E-state index contributed by atoms with van der Waals surface area (Å²) in [6, 6.07) is 0. The first-order valence-electron chi connectivity index (χ1n) is 21.7. The molecule has 10 nitrogen and oxygen atoms in total. The van der Waals surface area contributed by atoms with Gasteiger partial charge in [-0.1, -0.05) is 139 Å². The number of aliphatic hydroxyl groups excluding tert-OH is 4. The predicted octanol–water partition coefficient (Wildman–Crippen LogP) is 8.88. The maximum absolute atomic E-state index is 12.8. The van der Waals surface area contributed by atoms with Crippen LogP contribution in [0.2, 0.25) is 0 Å². The van der Waals surface area contributed by atoms with Crippen LogP contribution in [0.4, 0.5) is 0 Å². The number of esters is 2. The van der Waals surface area contributed by atoms with Crippen molar-refractivity contribution in [3.8, 4) is 0 Å². The van der Waals surface area contributed by atoms with Crippen LogP contribution >= 0.6 is 0 Å². The van der Waals surface area contributed by atoms with E-state index in [4.69, 9.17) is 18.9 Å². The average Bonchev–Trinajstić information content (AvgIpc) is 3.18. The summed E-state index contributed by atoms with van der Waals surface area (Å²) in [5, 5.41) is 40.0. The number of hydrogen-bond acceptors (Lipinski definition) is 10. The zero-order chi connectivity index (χ0) is 40.2. The van der Waals surface area contributed by atoms with Gasteiger partial charge >= 0.3 is 11.9 Å². The van der Waals surface area contributed by atoms with Crippen LogP contribution in [0.1, 0.15) is 167 Å². The number of hydrogen-bond donors (Lipinski definition) is 4. The summed E-state index contributed by atoms with van der Waals surface area (Å²) in [6.45, 7) is 4.81. The molecule has 0 aliphatic carbocycles. The van der Waals surface area contributed by atoms with E-state index in [1.54, 1.807) is 0 Å². The minimum absolute atomic E-state index is 0.223. The highest BCUT2D eigenvalue weighted by Gasteiger charge is 2.44. The molecule has 1 aliphatic rings. The summed E-state index contributed by atoms with van der Waals surface area (Å²) >= 11 is 0. The van der Waals surface area contributed by atoms with Gasteiger partial charge in [-0.25, -0.2) is 0 Å². The van der Waals surface area contributed by atoms with Gasteiger partial charge in [0, 0.05) is 12.8 Å². The van der Waals surface area contributed by atoms with Crippen LogP contribution in [0.15, 0.2) is 49.1 Å². The minimum atomic E-state index is -1.60. The molecule has 0 bridgehead atoms. The van der Waals surface area contributed by atoms with Crippen molar-refractivity contribution in [2.45, 2.75) is 204 Å². The molecule has 0 radical (unpaired) electrons. The number of unbranched alkanes of at least 4 members (excludes halogenated alkanes) is 18. The summed E-state index contributed by atoms with van der Waals surface area (Å²) in [7, 11) is 0. The lowest BCUT2D eigenvalue weighted by molar-refractivity contribution is -0.305. The summed E-state index contributed by atoms with van der Waals surface area (Å²) in [4.78, 5) is 25.3. The minimum Gasteiger partial charge on any atom is -0.462 e. The van der Waals surface area contributed by atoms with Crippen LogP contribution in [0, 0.1) is 0 Å². The standard InChI is InChI=1S/C45H78O10/c1-3-5-7-9-11-13-15-17-19-21-23-25-27-29-31-33-40(47)52-36-38(37-53-45-44(51)43(50)42(49)39(35-46)55-45)54-41(48)34-32-30-28-26-24-22-20-18-16-14-12-10-8-6-4-2/h4-5,7,11,13,17,19,38-39,42-46,49-51H,2-3,6,8-10,12,14-16,18,20-37H2,1H3/b7-5+,13-11+,19-17+/t38-,39-,42+,43?,44?,45-/m0/s1. The van der Waals surface area contributed by atoms with E-state index in [0.29, 0.717) is 12.8 Å². The monoisotopic (exact) mass is 779 g/mol. The predicted molar refractivity (Wildman–Crippen MR) is 219 cm³/mol. The molecule has 2 unspecified atom stereocenters. The molecule has 1 saturated heterocycles. The lowest BCUT2D eigenvalue weighted by atomic mass is 9.99. The van der Waals surface area contributed by atoms with E-state index in [1.165, 1.54) is 57.8 Å². The molecule has 4 N–H and O–H groups in total. The van der Waals surface area contributed by atoms with Crippen molar-refractivity contribution >= 4 is 11.9 Å². The largest absolute Gasteiger partial charge is 0.462 e. The van der Waals surface area contributed by atoms with Crippen molar-refractivity contribution in [3.63, 3.8) is 0 Å². The van der Waals surface area contributed by atoms with Gasteiger partial charge in [0.25, 0.3) is 0 Å².